The summed E-state index contributed by atoms with van der Waals surface area (Å²) in [5, 5.41) is 13.2. The minimum absolute atomic E-state index is 0.145. The molecule has 0 heterocycles. The van der Waals surface area contributed by atoms with E-state index in [1.165, 1.54) is 5.56 Å². The molecule has 3 nitrogen and oxygen atoms in total. The van der Waals surface area contributed by atoms with Crippen molar-refractivity contribution in [2.24, 2.45) is 0 Å². The number of aromatic hydroxyl groups is 1. The third kappa shape index (κ3) is 3.67. The zero-order valence-corrected chi connectivity index (χ0v) is 13.2. The lowest BCUT2D eigenvalue weighted by atomic mass is 10.2. The number of halogens is 1. The van der Waals surface area contributed by atoms with Crippen molar-refractivity contribution < 1.29 is 9.84 Å². The minimum Gasteiger partial charge on any atom is -0.503 e. The van der Waals surface area contributed by atoms with Crippen LogP contribution in [0.1, 0.15) is 18.1 Å². The van der Waals surface area contributed by atoms with Crippen molar-refractivity contribution in [2.75, 3.05) is 11.9 Å². The van der Waals surface area contributed by atoms with E-state index in [1.54, 1.807) is 0 Å². The van der Waals surface area contributed by atoms with Crippen LogP contribution in [-0.2, 0) is 6.54 Å². The Balaban J connectivity index is 2.13. The van der Waals surface area contributed by atoms with Crippen molar-refractivity contribution in [2.45, 2.75) is 20.4 Å². The molecule has 2 rings (SSSR count). The average Bonchev–Trinajstić information content (AvgIpc) is 2.42. The number of phenolic OH excluding ortho intramolecular Hbond substituents is 1. The predicted molar refractivity (Wildman–Crippen MR) is 85.5 cm³/mol. The van der Waals surface area contributed by atoms with Gasteiger partial charge in [0.1, 0.15) is 0 Å². The maximum atomic E-state index is 9.88. The molecule has 0 radical (unpaired) electrons. The zero-order valence-electron chi connectivity index (χ0n) is 11.6. The fraction of sp³-hybridized carbons (Fsp3) is 0.250. The molecule has 106 valence electrons. The maximum Gasteiger partial charge on any atom is 0.172 e. The summed E-state index contributed by atoms with van der Waals surface area (Å²) in [5.74, 6) is 0.647. The number of anilines is 1. The van der Waals surface area contributed by atoms with Gasteiger partial charge in [-0.15, -0.1) is 0 Å². The number of rotatable bonds is 5. The van der Waals surface area contributed by atoms with Crippen molar-refractivity contribution in [1.82, 2.24) is 0 Å². The largest absolute Gasteiger partial charge is 0.503 e. The molecule has 20 heavy (non-hydrogen) atoms. The predicted octanol–water partition coefficient (Wildman–Crippen LogP) is 4.47. The molecular weight excluding hydrogens is 318 g/mol. The van der Waals surface area contributed by atoms with E-state index in [0.29, 0.717) is 23.4 Å². The molecule has 0 bridgehead atoms. The molecule has 2 aromatic rings. The van der Waals surface area contributed by atoms with Gasteiger partial charge in [-0.2, -0.15) is 0 Å². The van der Waals surface area contributed by atoms with E-state index in [9.17, 15) is 5.11 Å². The SMILES string of the molecule is CCOc1cc(CNc2cccc(C)c2)cc(Br)c1O. The molecule has 0 amide bonds. The molecule has 0 aliphatic heterocycles. The quantitative estimate of drug-likeness (QED) is 0.846. The molecule has 2 aromatic carbocycles. The van der Waals surface area contributed by atoms with Crippen LogP contribution in [0.15, 0.2) is 40.9 Å². The second-order valence-electron chi connectivity index (χ2n) is 4.58. The van der Waals surface area contributed by atoms with Crippen molar-refractivity contribution in [3.8, 4) is 11.5 Å². The molecule has 4 heteroatoms. The number of ether oxygens (including phenoxy) is 1. The topological polar surface area (TPSA) is 41.5 Å². The lowest BCUT2D eigenvalue weighted by molar-refractivity contribution is 0.317. The number of aryl methyl sites for hydroxylation is 1. The number of benzene rings is 2. The summed E-state index contributed by atoms with van der Waals surface area (Å²) in [6.07, 6.45) is 0. The van der Waals surface area contributed by atoms with Gasteiger partial charge in [0.25, 0.3) is 0 Å². The van der Waals surface area contributed by atoms with Crippen LogP contribution in [0, 0.1) is 6.92 Å². The van der Waals surface area contributed by atoms with Gasteiger partial charge < -0.3 is 15.2 Å². The molecule has 0 atom stereocenters. The fourth-order valence-electron chi connectivity index (χ4n) is 1.95. The molecule has 0 unspecified atom stereocenters. The van der Waals surface area contributed by atoms with Crippen LogP contribution < -0.4 is 10.1 Å². The Kier molecular flexibility index (Phi) is 4.90. The summed E-state index contributed by atoms with van der Waals surface area (Å²) in [6.45, 7) is 5.15. The second-order valence-corrected chi connectivity index (χ2v) is 5.43. The number of hydrogen-bond acceptors (Lipinski definition) is 3. The van der Waals surface area contributed by atoms with Crippen LogP contribution in [0.2, 0.25) is 0 Å². The standard InChI is InChI=1S/C16H18BrNO2/c1-3-20-15-9-12(8-14(17)16(15)19)10-18-13-6-4-5-11(2)7-13/h4-9,18-19H,3,10H2,1-2H3. The van der Waals surface area contributed by atoms with Crippen LogP contribution in [0.4, 0.5) is 5.69 Å². The fourth-order valence-corrected chi connectivity index (χ4v) is 2.44. The van der Waals surface area contributed by atoms with Gasteiger partial charge in [-0.3, -0.25) is 0 Å². The third-order valence-corrected chi connectivity index (χ3v) is 3.51. The highest BCUT2D eigenvalue weighted by molar-refractivity contribution is 9.10. The Morgan fingerprint density at radius 2 is 2.05 bits per heavy atom. The Labute approximate surface area is 127 Å². The second kappa shape index (κ2) is 6.66. The van der Waals surface area contributed by atoms with Gasteiger partial charge in [0.05, 0.1) is 11.1 Å². The number of hydrogen-bond donors (Lipinski definition) is 2. The summed E-state index contributed by atoms with van der Waals surface area (Å²) in [7, 11) is 0. The lowest BCUT2D eigenvalue weighted by Crippen LogP contribution is -2.01. The monoisotopic (exact) mass is 335 g/mol. The van der Waals surface area contributed by atoms with Crippen LogP contribution in [-0.4, -0.2) is 11.7 Å². The molecule has 0 aliphatic carbocycles. The van der Waals surface area contributed by atoms with Crippen molar-refractivity contribution >= 4 is 21.6 Å². The summed E-state index contributed by atoms with van der Waals surface area (Å²) in [4.78, 5) is 0. The molecule has 0 aliphatic rings. The molecule has 0 spiro atoms. The van der Waals surface area contributed by atoms with E-state index < -0.39 is 0 Å². The summed E-state index contributed by atoms with van der Waals surface area (Å²) in [6, 6.07) is 12.0. The van der Waals surface area contributed by atoms with Crippen LogP contribution in [0.3, 0.4) is 0 Å². The van der Waals surface area contributed by atoms with Gasteiger partial charge >= 0.3 is 0 Å². The van der Waals surface area contributed by atoms with Gasteiger partial charge in [-0.1, -0.05) is 12.1 Å². The van der Waals surface area contributed by atoms with Gasteiger partial charge in [0.2, 0.25) is 0 Å². The Bertz CT molecular complexity index is 599. The minimum atomic E-state index is 0.145. The van der Waals surface area contributed by atoms with Crippen molar-refractivity contribution in [3.63, 3.8) is 0 Å². The highest BCUT2D eigenvalue weighted by Crippen LogP contribution is 2.35. The normalized spacial score (nSPS) is 10.3. The molecular formula is C16H18BrNO2. The summed E-state index contributed by atoms with van der Waals surface area (Å²) in [5.41, 5.74) is 3.34. The van der Waals surface area contributed by atoms with Crippen LogP contribution >= 0.6 is 15.9 Å². The Hall–Kier alpha value is -1.68. The highest BCUT2D eigenvalue weighted by Gasteiger charge is 2.09. The third-order valence-electron chi connectivity index (χ3n) is 2.90. The lowest BCUT2D eigenvalue weighted by Gasteiger charge is -2.12. The van der Waals surface area contributed by atoms with E-state index in [1.807, 2.05) is 31.2 Å². The van der Waals surface area contributed by atoms with E-state index in [-0.39, 0.29) is 5.75 Å². The Morgan fingerprint density at radius 3 is 2.75 bits per heavy atom. The first kappa shape index (κ1) is 14.7. The first-order valence-electron chi connectivity index (χ1n) is 6.55. The maximum absolute atomic E-state index is 9.88. The molecule has 2 N–H and O–H groups in total. The van der Waals surface area contributed by atoms with E-state index in [0.717, 1.165) is 11.3 Å². The summed E-state index contributed by atoms with van der Waals surface area (Å²) >= 11 is 3.35. The number of nitrogens with one attached hydrogen (secondary N) is 1. The first-order chi connectivity index (χ1) is 9.60. The zero-order chi connectivity index (χ0) is 14.5. The summed E-state index contributed by atoms with van der Waals surface area (Å²) < 4.78 is 6.06. The van der Waals surface area contributed by atoms with Crippen LogP contribution in [0.5, 0.6) is 11.5 Å². The highest BCUT2D eigenvalue weighted by atomic mass is 79.9. The number of phenols is 1. The molecule has 0 saturated heterocycles. The van der Waals surface area contributed by atoms with Crippen molar-refractivity contribution in [3.05, 3.63) is 52.0 Å². The van der Waals surface area contributed by atoms with Crippen molar-refractivity contribution in [1.29, 1.82) is 0 Å². The van der Waals surface area contributed by atoms with Gasteiger partial charge in [0.15, 0.2) is 11.5 Å². The van der Waals surface area contributed by atoms with Gasteiger partial charge in [-0.25, -0.2) is 0 Å². The van der Waals surface area contributed by atoms with E-state index >= 15 is 0 Å². The molecule has 0 saturated carbocycles. The average molecular weight is 336 g/mol. The van der Waals surface area contributed by atoms with E-state index in [2.05, 4.69) is 40.3 Å². The first-order valence-corrected chi connectivity index (χ1v) is 7.34. The van der Waals surface area contributed by atoms with Crippen LogP contribution in [0.25, 0.3) is 0 Å². The smallest absolute Gasteiger partial charge is 0.172 e. The molecule has 0 fully saturated rings. The molecule has 0 aromatic heterocycles. The van der Waals surface area contributed by atoms with E-state index in [4.69, 9.17) is 4.74 Å². The van der Waals surface area contributed by atoms with Gasteiger partial charge in [0, 0.05) is 12.2 Å². The Morgan fingerprint density at radius 1 is 1.25 bits per heavy atom. The van der Waals surface area contributed by atoms with Gasteiger partial charge in [-0.05, 0) is 65.2 Å².